The van der Waals surface area contributed by atoms with E-state index < -0.39 is 0 Å². The third-order valence-electron chi connectivity index (χ3n) is 4.14. The minimum atomic E-state index is 0. The van der Waals surface area contributed by atoms with Crippen LogP contribution in [0, 0.1) is 11.8 Å². The molecule has 1 aliphatic carbocycles. The van der Waals surface area contributed by atoms with Crippen molar-refractivity contribution in [1.82, 2.24) is 16.0 Å². The molecule has 1 aromatic rings. The van der Waals surface area contributed by atoms with Crippen molar-refractivity contribution in [3.05, 3.63) is 29.8 Å². The zero-order valence-corrected chi connectivity index (χ0v) is 18.9. The van der Waals surface area contributed by atoms with Gasteiger partial charge in [-0.1, -0.05) is 32.0 Å². The standard InChI is InChI=1S/C20H32N4O2.HI/c1-4-21-20(23-12-11-22-19(25)15(2)3)24-13-17-7-5-6-8-18(17)26-14-16-9-10-16;/h5-8,15-16H,4,9-14H2,1-3H3,(H,22,25)(H2,21,23,24);1H. The molecule has 6 nitrogen and oxygen atoms in total. The lowest BCUT2D eigenvalue weighted by atomic mass is 10.2. The summed E-state index contributed by atoms with van der Waals surface area (Å²) in [5.41, 5.74) is 1.08. The van der Waals surface area contributed by atoms with Crippen molar-refractivity contribution in [1.29, 1.82) is 0 Å². The number of carbonyl (C=O) groups excluding carboxylic acids is 1. The van der Waals surface area contributed by atoms with Crippen molar-refractivity contribution < 1.29 is 9.53 Å². The van der Waals surface area contributed by atoms with Gasteiger partial charge in [0, 0.05) is 31.1 Å². The van der Waals surface area contributed by atoms with Crippen LogP contribution in [0.4, 0.5) is 0 Å². The molecule has 0 bridgehead atoms. The van der Waals surface area contributed by atoms with Crippen LogP contribution >= 0.6 is 24.0 Å². The van der Waals surface area contributed by atoms with Gasteiger partial charge >= 0.3 is 0 Å². The van der Waals surface area contributed by atoms with Gasteiger partial charge in [-0.2, -0.15) is 0 Å². The zero-order valence-electron chi connectivity index (χ0n) is 16.6. The number of carbonyl (C=O) groups is 1. The predicted molar refractivity (Wildman–Crippen MR) is 121 cm³/mol. The molecule has 7 heteroatoms. The Hall–Kier alpha value is -1.51. The smallest absolute Gasteiger partial charge is 0.222 e. The topological polar surface area (TPSA) is 74.8 Å². The summed E-state index contributed by atoms with van der Waals surface area (Å²) in [5, 5.41) is 9.37. The second-order valence-electron chi connectivity index (χ2n) is 6.93. The summed E-state index contributed by atoms with van der Waals surface area (Å²) >= 11 is 0. The van der Waals surface area contributed by atoms with Crippen LogP contribution in [0.25, 0.3) is 0 Å². The SMILES string of the molecule is CCNC(=NCc1ccccc1OCC1CC1)NCCNC(=O)C(C)C.I. The molecule has 0 heterocycles. The molecule has 152 valence electrons. The molecule has 1 amide bonds. The maximum absolute atomic E-state index is 11.6. The number of rotatable bonds is 10. The number of guanidine groups is 1. The van der Waals surface area contributed by atoms with Crippen LogP contribution in [0.15, 0.2) is 29.3 Å². The van der Waals surface area contributed by atoms with Gasteiger partial charge in [-0.05, 0) is 31.7 Å². The second-order valence-corrected chi connectivity index (χ2v) is 6.93. The molecule has 0 spiro atoms. The normalized spacial score (nSPS) is 13.7. The molecule has 0 radical (unpaired) electrons. The highest BCUT2D eigenvalue weighted by Crippen LogP contribution is 2.30. The highest BCUT2D eigenvalue weighted by atomic mass is 127. The summed E-state index contributed by atoms with van der Waals surface area (Å²) in [6.45, 7) is 9.14. The van der Waals surface area contributed by atoms with Crippen LogP contribution in [-0.2, 0) is 11.3 Å². The molecule has 1 fully saturated rings. The van der Waals surface area contributed by atoms with E-state index in [0.29, 0.717) is 19.6 Å². The van der Waals surface area contributed by atoms with Crippen LogP contribution in [0.1, 0.15) is 39.2 Å². The Kier molecular flexibility index (Phi) is 11.2. The maximum atomic E-state index is 11.6. The molecule has 0 aromatic heterocycles. The van der Waals surface area contributed by atoms with Crippen molar-refractivity contribution in [2.75, 3.05) is 26.2 Å². The summed E-state index contributed by atoms with van der Waals surface area (Å²) in [6, 6.07) is 8.07. The minimum Gasteiger partial charge on any atom is -0.493 e. The molecule has 27 heavy (non-hydrogen) atoms. The Balaban J connectivity index is 0.00000364. The number of amides is 1. The quantitative estimate of drug-likeness (QED) is 0.205. The van der Waals surface area contributed by atoms with Gasteiger partial charge in [0.05, 0.1) is 13.2 Å². The van der Waals surface area contributed by atoms with E-state index in [1.807, 2.05) is 39.0 Å². The van der Waals surface area contributed by atoms with Gasteiger partial charge in [0.1, 0.15) is 5.75 Å². The number of halogens is 1. The molecular weight excluding hydrogens is 455 g/mol. The number of para-hydroxylation sites is 1. The predicted octanol–water partition coefficient (Wildman–Crippen LogP) is 2.92. The first-order chi connectivity index (χ1) is 12.6. The summed E-state index contributed by atoms with van der Waals surface area (Å²) in [4.78, 5) is 16.2. The fraction of sp³-hybridized carbons (Fsp3) is 0.600. The number of hydrogen-bond donors (Lipinski definition) is 3. The lowest BCUT2D eigenvalue weighted by Gasteiger charge is -2.13. The van der Waals surface area contributed by atoms with Crippen LogP contribution in [0.3, 0.4) is 0 Å². The Morgan fingerprint density at radius 3 is 2.56 bits per heavy atom. The maximum Gasteiger partial charge on any atom is 0.222 e. The van der Waals surface area contributed by atoms with Gasteiger partial charge < -0.3 is 20.7 Å². The lowest BCUT2D eigenvalue weighted by Crippen LogP contribution is -2.42. The first-order valence-electron chi connectivity index (χ1n) is 9.60. The highest BCUT2D eigenvalue weighted by molar-refractivity contribution is 14.0. The average Bonchev–Trinajstić information content (AvgIpc) is 3.46. The van der Waals surface area contributed by atoms with E-state index in [-0.39, 0.29) is 35.8 Å². The van der Waals surface area contributed by atoms with Crippen LogP contribution in [0.5, 0.6) is 5.75 Å². The number of nitrogens with zero attached hydrogens (tertiary/aromatic N) is 1. The average molecular weight is 488 g/mol. The minimum absolute atomic E-state index is 0. The van der Waals surface area contributed by atoms with Gasteiger partial charge in [0.2, 0.25) is 5.91 Å². The number of nitrogens with one attached hydrogen (secondary N) is 3. The van der Waals surface area contributed by atoms with Gasteiger partial charge in [0.15, 0.2) is 5.96 Å². The fourth-order valence-corrected chi connectivity index (χ4v) is 2.34. The summed E-state index contributed by atoms with van der Waals surface area (Å²) < 4.78 is 5.94. The van der Waals surface area contributed by atoms with E-state index in [1.54, 1.807) is 0 Å². The van der Waals surface area contributed by atoms with Gasteiger partial charge in [-0.25, -0.2) is 4.99 Å². The van der Waals surface area contributed by atoms with E-state index in [9.17, 15) is 4.79 Å². The Labute approximate surface area is 179 Å². The molecule has 1 aromatic carbocycles. The molecule has 0 atom stereocenters. The number of hydrogen-bond acceptors (Lipinski definition) is 3. The Morgan fingerprint density at radius 1 is 1.19 bits per heavy atom. The molecule has 0 saturated heterocycles. The van der Waals surface area contributed by atoms with Crippen molar-refractivity contribution >= 4 is 35.8 Å². The highest BCUT2D eigenvalue weighted by Gasteiger charge is 2.22. The third kappa shape index (κ3) is 9.30. The van der Waals surface area contributed by atoms with Crippen molar-refractivity contribution in [3.63, 3.8) is 0 Å². The molecule has 0 aliphatic heterocycles. The molecule has 0 unspecified atom stereocenters. The Morgan fingerprint density at radius 2 is 1.89 bits per heavy atom. The van der Waals surface area contributed by atoms with Crippen LogP contribution in [-0.4, -0.2) is 38.1 Å². The van der Waals surface area contributed by atoms with Crippen molar-refractivity contribution in [2.24, 2.45) is 16.8 Å². The molecule has 1 aliphatic rings. The van der Waals surface area contributed by atoms with Crippen LogP contribution < -0.4 is 20.7 Å². The summed E-state index contributed by atoms with van der Waals surface area (Å²) in [5.74, 6) is 2.46. The first kappa shape index (κ1) is 23.5. The van der Waals surface area contributed by atoms with Gasteiger partial charge in [-0.3, -0.25) is 4.79 Å². The zero-order chi connectivity index (χ0) is 18.8. The number of benzene rings is 1. The summed E-state index contributed by atoms with van der Waals surface area (Å²) in [6.07, 6.45) is 2.56. The third-order valence-corrected chi connectivity index (χ3v) is 4.14. The van der Waals surface area contributed by atoms with E-state index in [1.165, 1.54) is 12.8 Å². The van der Waals surface area contributed by atoms with E-state index in [2.05, 4.69) is 27.0 Å². The summed E-state index contributed by atoms with van der Waals surface area (Å²) in [7, 11) is 0. The Bertz CT molecular complexity index is 603. The van der Waals surface area contributed by atoms with E-state index >= 15 is 0 Å². The molecule has 2 rings (SSSR count). The van der Waals surface area contributed by atoms with Gasteiger partial charge in [-0.15, -0.1) is 24.0 Å². The first-order valence-corrected chi connectivity index (χ1v) is 9.60. The van der Waals surface area contributed by atoms with Crippen LogP contribution in [0.2, 0.25) is 0 Å². The largest absolute Gasteiger partial charge is 0.493 e. The monoisotopic (exact) mass is 488 g/mol. The van der Waals surface area contributed by atoms with E-state index in [0.717, 1.165) is 36.3 Å². The molecule has 3 N–H and O–H groups in total. The van der Waals surface area contributed by atoms with Crippen molar-refractivity contribution in [2.45, 2.75) is 40.2 Å². The lowest BCUT2D eigenvalue weighted by molar-refractivity contribution is -0.123. The van der Waals surface area contributed by atoms with Gasteiger partial charge in [0.25, 0.3) is 0 Å². The molecule has 1 saturated carbocycles. The number of aliphatic imine (C=N–C) groups is 1. The van der Waals surface area contributed by atoms with E-state index in [4.69, 9.17) is 4.74 Å². The fourth-order valence-electron chi connectivity index (χ4n) is 2.34. The molecular formula is C20H33IN4O2. The number of ether oxygens (including phenoxy) is 1. The van der Waals surface area contributed by atoms with Crippen molar-refractivity contribution in [3.8, 4) is 5.75 Å². The second kappa shape index (κ2) is 12.8.